The van der Waals surface area contributed by atoms with Gasteiger partial charge in [0.15, 0.2) is 0 Å². The van der Waals surface area contributed by atoms with E-state index in [2.05, 4.69) is 27.2 Å². The number of nitrogen functional groups attached to an aromatic ring is 1. The summed E-state index contributed by atoms with van der Waals surface area (Å²) < 4.78 is 0. The van der Waals surface area contributed by atoms with E-state index < -0.39 is 0 Å². The van der Waals surface area contributed by atoms with Crippen LogP contribution in [0.4, 0.5) is 5.95 Å². The number of nitrogens with two attached hydrogens (primary N) is 1. The minimum absolute atomic E-state index is 0.374. The summed E-state index contributed by atoms with van der Waals surface area (Å²) in [6, 6.07) is 2.47. The van der Waals surface area contributed by atoms with Crippen molar-refractivity contribution in [3.05, 3.63) is 17.5 Å². The van der Waals surface area contributed by atoms with E-state index in [0.29, 0.717) is 12.0 Å². The van der Waals surface area contributed by atoms with Crippen molar-refractivity contribution in [2.24, 2.45) is 0 Å². The van der Waals surface area contributed by atoms with Crippen molar-refractivity contribution in [2.75, 3.05) is 32.4 Å². The molecule has 0 radical (unpaired) electrons. The SMILES string of the molecule is Cc1cc(CC2CN(C)CCN2)nc(N)n1. The fraction of sp³-hybridized carbons (Fsp3) is 0.636. The highest BCUT2D eigenvalue weighted by Crippen LogP contribution is 2.07. The number of nitrogens with one attached hydrogen (secondary N) is 1. The maximum atomic E-state index is 5.64. The van der Waals surface area contributed by atoms with Crippen LogP contribution in [-0.4, -0.2) is 47.6 Å². The Morgan fingerprint density at radius 1 is 1.56 bits per heavy atom. The molecule has 1 aromatic heterocycles. The Kier molecular flexibility index (Phi) is 3.36. The molecule has 0 saturated carbocycles. The minimum Gasteiger partial charge on any atom is -0.368 e. The molecular weight excluding hydrogens is 202 g/mol. The van der Waals surface area contributed by atoms with Gasteiger partial charge in [0.1, 0.15) is 0 Å². The summed E-state index contributed by atoms with van der Waals surface area (Å²) in [7, 11) is 2.15. The summed E-state index contributed by atoms with van der Waals surface area (Å²) in [6.45, 7) is 5.16. The number of anilines is 1. The fourth-order valence-corrected chi connectivity index (χ4v) is 2.14. The minimum atomic E-state index is 0.374. The van der Waals surface area contributed by atoms with Crippen molar-refractivity contribution in [1.29, 1.82) is 0 Å². The molecule has 0 aliphatic carbocycles. The van der Waals surface area contributed by atoms with E-state index in [1.54, 1.807) is 0 Å². The lowest BCUT2D eigenvalue weighted by atomic mass is 10.1. The van der Waals surface area contributed by atoms with Crippen molar-refractivity contribution < 1.29 is 0 Å². The lowest BCUT2D eigenvalue weighted by molar-refractivity contribution is 0.237. The molecule has 88 valence electrons. The second-order valence-electron chi connectivity index (χ2n) is 4.48. The Bertz CT molecular complexity index is 345. The van der Waals surface area contributed by atoms with Crippen LogP contribution in [0.15, 0.2) is 6.07 Å². The fourth-order valence-electron chi connectivity index (χ4n) is 2.14. The van der Waals surface area contributed by atoms with Gasteiger partial charge >= 0.3 is 0 Å². The molecule has 5 nitrogen and oxygen atoms in total. The Morgan fingerprint density at radius 2 is 2.38 bits per heavy atom. The van der Waals surface area contributed by atoms with Crippen LogP contribution in [0, 0.1) is 6.92 Å². The summed E-state index contributed by atoms with van der Waals surface area (Å²) in [5.41, 5.74) is 7.60. The molecule has 0 aromatic carbocycles. The maximum absolute atomic E-state index is 5.64. The van der Waals surface area contributed by atoms with Crippen LogP contribution in [0.1, 0.15) is 11.4 Å². The molecule has 0 spiro atoms. The van der Waals surface area contributed by atoms with Gasteiger partial charge < -0.3 is 16.0 Å². The van der Waals surface area contributed by atoms with Crippen molar-refractivity contribution in [3.63, 3.8) is 0 Å². The van der Waals surface area contributed by atoms with Crippen molar-refractivity contribution in [2.45, 2.75) is 19.4 Å². The van der Waals surface area contributed by atoms with E-state index in [0.717, 1.165) is 37.4 Å². The summed E-state index contributed by atoms with van der Waals surface area (Å²) in [4.78, 5) is 10.7. The second-order valence-corrected chi connectivity index (χ2v) is 4.48. The number of aryl methyl sites for hydroxylation is 1. The second kappa shape index (κ2) is 4.76. The van der Waals surface area contributed by atoms with Gasteiger partial charge in [-0.1, -0.05) is 0 Å². The summed E-state index contributed by atoms with van der Waals surface area (Å²) in [5, 5.41) is 3.49. The molecule has 2 rings (SSSR count). The number of rotatable bonds is 2. The van der Waals surface area contributed by atoms with Crippen LogP contribution in [0.5, 0.6) is 0 Å². The lowest BCUT2D eigenvalue weighted by Gasteiger charge is -2.30. The molecule has 1 fully saturated rings. The largest absolute Gasteiger partial charge is 0.368 e. The first-order chi connectivity index (χ1) is 7.63. The van der Waals surface area contributed by atoms with Crippen LogP contribution in [0.25, 0.3) is 0 Å². The van der Waals surface area contributed by atoms with E-state index in [4.69, 9.17) is 5.73 Å². The van der Waals surface area contributed by atoms with Crippen molar-refractivity contribution in [1.82, 2.24) is 20.2 Å². The topological polar surface area (TPSA) is 67.1 Å². The van der Waals surface area contributed by atoms with Gasteiger partial charge in [-0.2, -0.15) is 0 Å². The third-order valence-electron chi connectivity index (χ3n) is 2.84. The normalized spacial score (nSPS) is 22.2. The van der Waals surface area contributed by atoms with Gasteiger partial charge in [0.25, 0.3) is 0 Å². The summed E-state index contributed by atoms with van der Waals surface area (Å²) in [6.07, 6.45) is 0.915. The average Bonchev–Trinajstić information content (AvgIpc) is 2.15. The average molecular weight is 221 g/mol. The molecular formula is C11H19N5. The smallest absolute Gasteiger partial charge is 0.220 e. The zero-order valence-corrected chi connectivity index (χ0v) is 9.90. The molecule has 1 aliphatic rings. The maximum Gasteiger partial charge on any atom is 0.220 e. The third-order valence-corrected chi connectivity index (χ3v) is 2.84. The number of aromatic nitrogens is 2. The Labute approximate surface area is 96.1 Å². The third kappa shape index (κ3) is 2.90. The highest BCUT2D eigenvalue weighted by Gasteiger charge is 2.17. The number of hydrogen-bond donors (Lipinski definition) is 2. The lowest BCUT2D eigenvalue weighted by Crippen LogP contribution is -2.50. The van der Waals surface area contributed by atoms with Crippen LogP contribution in [-0.2, 0) is 6.42 Å². The monoisotopic (exact) mass is 221 g/mol. The molecule has 0 amide bonds. The molecule has 3 N–H and O–H groups in total. The summed E-state index contributed by atoms with van der Waals surface area (Å²) in [5.74, 6) is 0.374. The first-order valence-corrected chi connectivity index (χ1v) is 5.65. The molecule has 1 aromatic rings. The zero-order chi connectivity index (χ0) is 11.5. The Balaban J connectivity index is 2.02. The van der Waals surface area contributed by atoms with Gasteiger partial charge in [0, 0.05) is 43.5 Å². The molecule has 1 saturated heterocycles. The quantitative estimate of drug-likeness (QED) is 0.725. The van der Waals surface area contributed by atoms with Crippen LogP contribution in [0.2, 0.25) is 0 Å². The van der Waals surface area contributed by atoms with Crippen LogP contribution in [0.3, 0.4) is 0 Å². The van der Waals surface area contributed by atoms with Gasteiger partial charge in [0.2, 0.25) is 5.95 Å². The number of likely N-dealkylation sites (N-methyl/N-ethyl adjacent to an activating group) is 1. The van der Waals surface area contributed by atoms with Gasteiger partial charge in [-0.3, -0.25) is 0 Å². The molecule has 0 bridgehead atoms. The Hall–Kier alpha value is -1.20. The predicted octanol–water partition coefficient (Wildman–Crippen LogP) is -0.187. The number of piperazine rings is 1. The van der Waals surface area contributed by atoms with E-state index in [9.17, 15) is 0 Å². The van der Waals surface area contributed by atoms with Gasteiger partial charge in [-0.15, -0.1) is 0 Å². The van der Waals surface area contributed by atoms with Crippen LogP contribution < -0.4 is 11.1 Å². The van der Waals surface area contributed by atoms with Gasteiger partial charge in [-0.05, 0) is 20.0 Å². The predicted molar refractivity (Wildman–Crippen MR) is 64.2 cm³/mol. The zero-order valence-electron chi connectivity index (χ0n) is 9.90. The van der Waals surface area contributed by atoms with E-state index >= 15 is 0 Å². The number of hydrogen-bond acceptors (Lipinski definition) is 5. The van der Waals surface area contributed by atoms with E-state index in [-0.39, 0.29) is 0 Å². The molecule has 16 heavy (non-hydrogen) atoms. The molecule has 1 atom stereocenters. The molecule has 5 heteroatoms. The van der Waals surface area contributed by atoms with Crippen molar-refractivity contribution >= 4 is 5.95 Å². The Morgan fingerprint density at radius 3 is 3.06 bits per heavy atom. The molecule has 1 aliphatic heterocycles. The molecule has 2 heterocycles. The van der Waals surface area contributed by atoms with Gasteiger partial charge in [0.05, 0.1) is 0 Å². The molecule has 1 unspecified atom stereocenters. The highest BCUT2D eigenvalue weighted by molar-refractivity contribution is 5.22. The van der Waals surface area contributed by atoms with E-state index in [1.165, 1.54) is 0 Å². The van der Waals surface area contributed by atoms with E-state index in [1.807, 2.05) is 13.0 Å². The summed E-state index contributed by atoms with van der Waals surface area (Å²) >= 11 is 0. The van der Waals surface area contributed by atoms with Gasteiger partial charge in [-0.25, -0.2) is 9.97 Å². The van der Waals surface area contributed by atoms with Crippen LogP contribution >= 0.6 is 0 Å². The first-order valence-electron chi connectivity index (χ1n) is 5.65. The standard InChI is InChI=1S/C11H19N5/c1-8-5-9(15-11(12)14-8)6-10-7-16(2)4-3-13-10/h5,10,13H,3-4,6-7H2,1-2H3,(H2,12,14,15). The number of nitrogens with zero attached hydrogens (tertiary/aromatic N) is 3. The first kappa shape index (κ1) is 11.3. The van der Waals surface area contributed by atoms with Crippen molar-refractivity contribution in [3.8, 4) is 0 Å². The highest BCUT2D eigenvalue weighted by atomic mass is 15.2.